The molecule has 0 amide bonds. The summed E-state index contributed by atoms with van der Waals surface area (Å²) < 4.78 is 0. The van der Waals surface area contributed by atoms with Gasteiger partial charge in [-0.25, -0.2) is 0 Å². The Morgan fingerprint density at radius 3 is 2.53 bits per heavy atom. The Bertz CT molecular complexity index is 511. The summed E-state index contributed by atoms with van der Waals surface area (Å²) >= 11 is 0. The van der Waals surface area contributed by atoms with Gasteiger partial charge >= 0.3 is 5.97 Å². The van der Waals surface area contributed by atoms with E-state index in [4.69, 9.17) is 0 Å². The molecule has 0 saturated heterocycles. The SMILES string of the molecule is CC1=CCC(C(=O)O)(c2ccccc2C)C=C1. The van der Waals surface area contributed by atoms with Crippen molar-refractivity contribution in [3.63, 3.8) is 0 Å². The first-order chi connectivity index (χ1) is 8.06. The van der Waals surface area contributed by atoms with Crippen LogP contribution in [0.15, 0.2) is 48.1 Å². The summed E-state index contributed by atoms with van der Waals surface area (Å²) in [4.78, 5) is 11.7. The summed E-state index contributed by atoms with van der Waals surface area (Å²) in [6.07, 6.45) is 6.22. The van der Waals surface area contributed by atoms with Gasteiger partial charge in [0.05, 0.1) is 0 Å². The van der Waals surface area contributed by atoms with Gasteiger partial charge in [0, 0.05) is 0 Å². The minimum absolute atomic E-state index is 0.523. The van der Waals surface area contributed by atoms with Crippen molar-refractivity contribution in [3.05, 3.63) is 59.2 Å². The highest BCUT2D eigenvalue weighted by molar-refractivity contribution is 5.85. The number of hydrogen-bond donors (Lipinski definition) is 1. The van der Waals surface area contributed by atoms with Crippen molar-refractivity contribution in [3.8, 4) is 0 Å². The number of rotatable bonds is 2. The molecule has 1 aromatic carbocycles. The summed E-state index contributed by atoms with van der Waals surface area (Å²) in [5.74, 6) is -0.785. The van der Waals surface area contributed by atoms with Gasteiger partial charge < -0.3 is 5.11 Å². The van der Waals surface area contributed by atoms with E-state index >= 15 is 0 Å². The molecule has 1 aliphatic rings. The maximum Gasteiger partial charge on any atom is 0.318 e. The summed E-state index contributed by atoms with van der Waals surface area (Å²) in [5.41, 5.74) is 2.13. The first kappa shape index (κ1) is 11.6. The Balaban J connectivity index is 2.55. The fourth-order valence-electron chi connectivity index (χ4n) is 2.28. The van der Waals surface area contributed by atoms with Crippen molar-refractivity contribution in [1.29, 1.82) is 0 Å². The molecule has 0 aromatic heterocycles. The highest BCUT2D eigenvalue weighted by Crippen LogP contribution is 2.36. The van der Waals surface area contributed by atoms with E-state index in [2.05, 4.69) is 0 Å². The number of allylic oxidation sites excluding steroid dienone is 3. The van der Waals surface area contributed by atoms with Crippen molar-refractivity contribution >= 4 is 5.97 Å². The van der Waals surface area contributed by atoms with Crippen LogP contribution in [0.4, 0.5) is 0 Å². The third-order valence-electron chi connectivity index (χ3n) is 3.38. The van der Waals surface area contributed by atoms with Gasteiger partial charge in [-0.1, -0.05) is 48.1 Å². The Kier molecular flexibility index (Phi) is 2.88. The molecule has 0 aliphatic heterocycles. The predicted octanol–water partition coefficient (Wildman–Crippen LogP) is 3.22. The highest BCUT2D eigenvalue weighted by Gasteiger charge is 2.38. The van der Waals surface area contributed by atoms with Gasteiger partial charge in [0.25, 0.3) is 0 Å². The maximum atomic E-state index is 11.7. The summed E-state index contributed by atoms with van der Waals surface area (Å²) in [6.45, 7) is 3.94. The number of benzene rings is 1. The van der Waals surface area contributed by atoms with Gasteiger partial charge in [0.1, 0.15) is 5.41 Å². The minimum Gasteiger partial charge on any atom is -0.480 e. The standard InChI is InChI=1S/C15H16O2/c1-11-7-9-15(10-8-11,14(16)17)13-6-4-3-5-12(13)2/h3-9H,10H2,1-2H3,(H,16,17). The van der Waals surface area contributed by atoms with Crippen molar-refractivity contribution < 1.29 is 9.90 Å². The minimum atomic E-state index is -0.898. The largest absolute Gasteiger partial charge is 0.480 e. The number of hydrogen-bond acceptors (Lipinski definition) is 1. The van der Waals surface area contributed by atoms with E-state index < -0.39 is 11.4 Å². The Morgan fingerprint density at radius 1 is 1.29 bits per heavy atom. The summed E-state index contributed by atoms with van der Waals surface area (Å²) in [6, 6.07) is 7.69. The van der Waals surface area contributed by atoms with Gasteiger partial charge in [0.15, 0.2) is 0 Å². The van der Waals surface area contributed by atoms with Crippen LogP contribution in [0.3, 0.4) is 0 Å². The predicted molar refractivity (Wildman–Crippen MR) is 68.0 cm³/mol. The van der Waals surface area contributed by atoms with Crippen molar-refractivity contribution in [2.24, 2.45) is 0 Å². The average Bonchev–Trinajstić information content (AvgIpc) is 2.31. The molecular weight excluding hydrogens is 212 g/mol. The molecule has 0 spiro atoms. The molecule has 88 valence electrons. The van der Waals surface area contributed by atoms with E-state index in [-0.39, 0.29) is 0 Å². The second-order valence-corrected chi connectivity index (χ2v) is 4.58. The van der Waals surface area contributed by atoms with E-state index in [0.717, 1.165) is 16.7 Å². The fourth-order valence-corrected chi connectivity index (χ4v) is 2.28. The smallest absolute Gasteiger partial charge is 0.318 e. The molecule has 2 heteroatoms. The molecule has 0 heterocycles. The van der Waals surface area contributed by atoms with Crippen LogP contribution < -0.4 is 0 Å². The zero-order valence-corrected chi connectivity index (χ0v) is 10.1. The lowest BCUT2D eigenvalue weighted by atomic mass is 9.73. The van der Waals surface area contributed by atoms with Crippen LogP contribution in [0.5, 0.6) is 0 Å². The molecule has 1 aromatic rings. The average molecular weight is 228 g/mol. The van der Waals surface area contributed by atoms with E-state index in [1.54, 1.807) is 0 Å². The van der Waals surface area contributed by atoms with Crippen LogP contribution >= 0.6 is 0 Å². The van der Waals surface area contributed by atoms with Crippen LogP contribution in [0, 0.1) is 6.92 Å². The summed E-state index contributed by atoms with van der Waals surface area (Å²) in [5, 5.41) is 9.57. The zero-order chi connectivity index (χ0) is 12.5. The third kappa shape index (κ3) is 1.91. The number of aliphatic carboxylic acids is 1. The highest BCUT2D eigenvalue weighted by atomic mass is 16.4. The number of carbonyl (C=O) groups is 1. The normalized spacial score (nSPS) is 23.3. The fraction of sp³-hybridized carbons (Fsp3) is 0.267. The van der Waals surface area contributed by atoms with Crippen molar-refractivity contribution in [2.75, 3.05) is 0 Å². The third-order valence-corrected chi connectivity index (χ3v) is 3.38. The molecule has 1 aliphatic carbocycles. The van der Waals surface area contributed by atoms with Crippen LogP contribution in [-0.2, 0) is 10.2 Å². The molecule has 2 nitrogen and oxygen atoms in total. The topological polar surface area (TPSA) is 37.3 Å². The van der Waals surface area contributed by atoms with E-state index in [1.165, 1.54) is 0 Å². The van der Waals surface area contributed by atoms with Crippen LogP contribution in [0.2, 0.25) is 0 Å². The lowest BCUT2D eigenvalue weighted by molar-refractivity contribution is -0.141. The maximum absolute atomic E-state index is 11.7. The zero-order valence-electron chi connectivity index (χ0n) is 10.1. The molecule has 0 bridgehead atoms. The second kappa shape index (κ2) is 4.21. The molecule has 1 atom stereocenters. The quantitative estimate of drug-likeness (QED) is 0.843. The lowest BCUT2D eigenvalue weighted by Gasteiger charge is -2.29. The van der Waals surface area contributed by atoms with Gasteiger partial charge in [-0.05, 0) is 31.4 Å². The van der Waals surface area contributed by atoms with Gasteiger partial charge in [-0.2, -0.15) is 0 Å². The van der Waals surface area contributed by atoms with E-state index in [9.17, 15) is 9.90 Å². The first-order valence-electron chi connectivity index (χ1n) is 5.72. The molecule has 1 N–H and O–H groups in total. The lowest BCUT2D eigenvalue weighted by Crippen LogP contribution is -2.35. The molecule has 2 rings (SSSR count). The molecule has 0 radical (unpaired) electrons. The van der Waals surface area contributed by atoms with Gasteiger partial charge in [-0.3, -0.25) is 4.79 Å². The first-order valence-corrected chi connectivity index (χ1v) is 5.72. The van der Waals surface area contributed by atoms with Crippen molar-refractivity contribution in [2.45, 2.75) is 25.7 Å². The molecular formula is C15H16O2. The second-order valence-electron chi connectivity index (χ2n) is 4.58. The molecule has 0 fully saturated rings. The van der Waals surface area contributed by atoms with Gasteiger partial charge in [-0.15, -0.1) is 0 Å². The molecule has 17 heavy (non-hydrogen) atoms. The monoisotopic (exact) mass is 228 g/mol. The Hall–Kier alpha value is -1.83. The number of carboxylic acids is 1. The van der Waals surface area contributed by atoms with Gasteiger partial charge in [0.2, 0.25) is 0 Å². The molecule has 1 unspecified atom stereocenters. The Labute approximate surface area is 101 Å². The summed E-state index contributed by atoms with van der Waals surface area (Å²) in [7, 11) is 0. The number of aryl methyl sites for hydroxylation is 1. The van der Waals surface area contributed by atoms with Crippen molar-refractivity contribution in [1.82, 2.24) is 0 Å². The van der Waals surface area contributed by atoms with Crippen LogP contribution in [0.25, 0.3) is 0 Å². The Morgan fingerprint density at radius 2 is 2.00 bits per heavy atom. The van der Waals surface area contributed by atoms with E-state index in [0.29, 0.717) is 6.42 Å². The number of carboxylic acid groups (broad SMARTS) is 1. The molecule has 0 saturated carbocycles. The van der Waals surface area contributed by atoms with E-state index in [1.807, 2.05) is 56.3 Å². The van der Waals surface area contributed by atoms with Crippen LogP contribution in [-0.4, -0.2) is 11.1 Å². The van der Waals surface area contributed by atoms with Crippen LogP contribution in [0.1, 0.15) is 24.5 Å².